The molecule has 0 aromatic heterocycles. The van der Waals surface area contributed by atoms with Gasteiger partial charge in [-0.15, -0.1) is 0 Å². The molecule has 0 aliphatic heterocycles. The molecule has 0 amide bonds. The van der Waals surface area contributed by atoms with Crippen LogP contribution in [0.2, 0.25) is 0 Å². The molecule has 3 N–H and O–H groups in total. The van der Waals surface area contributed by atoms with Gasteiger partial charge in [0.15, 0.2) is 0 Å². The Kier molecular flexibility index (Phi) is 4.50. The van der Waals surface area contributed by atoms with E-state index in [1.807, 2.05) is 0 Å². The van der Waals surface area contributed by atoms with Gasteiger partial charge in [0.25, 0.3) is 0 Å². The van der Waals surface area contributed by atoms with Gasteiger partial charge in [-0.05, 0) is 36.4 Å². The van der Waals surface area contributed by atoms with Crippen LogP contribution in [0.4, 0.5) is 28.9 Å². The molecule has 1 rings (SSSR count). The Morgan fingerprint density at radius 1 is 1.35 bits per heavy atom. The molecule has 96 valence electrons. The lowest BCUT2D eigenvalue weighted by Crippen LogP contribution is -2.10. The van der Waals surface area contributed by atoms with Gasteiger partial charge in [-0.1, -0.05) is 0 Å². The number of nitrogens with two attached hydrogens (primary N) is 1. The predicted octanol–water partition coefficient (Wildman–Crippen LogP) is 3.38. The molecule has 0 spiro atoms. The molecule has 0 radical (unpaired) electrons. The summed E-state index contributed by atoms with van der Waals surface area (Å²) in [6, 6.07) is 2.62. The maximum atomic E-state index is 13.0. The quantitative estimate of drug-likeness (QED) is 0.499. The van der Waals surface area contributed by atoms with Gasteiger partial charge in [0.2, 0.25) is 0 Å². The van der Waals surface area contributed by atoms with E-state index in [2.05, 4.69) is 5.32 Å². The second-order valence-corrected chi connectivity index (χ2v) is 4.57. The molecule has 0 aliphatic carbocycles. The van der Waals surface area contributed by atoms with Gasteiger partial charge >= 0.3 is 5.51 Å². The van der Waals surface area contributed by atoms with E-state index in [9.17, 15) is 17.6 Å². The molecule has 0 bridgehead atoms. The van der Waals surface area contributed by atoms with E-state index < -0.39 is 11.3 Å². The number of aryl methyl sites for hydroxylation is 1. The largest absolute Gasteiger partial charge is 0.441 e. The summed E-state index contributed by atoms with van der Waals surface area (Å²) in [5.41, 5.74) is 2.33. The Morgan fingerprint density at radius 3 is 2.59 bits per heavy atom. The molecule has 7 heteroatoms. The highest BCUT2D eigenvalue weighted by Crippen LogP contribution is 2.30. The highest BCUT2D eigenvalue weighted by atomic mass is 32.2. The zero-order valence-corrected chi connectivity index (χ0v) is 9.88. The topological polar surface area (TPSA) is 38.0 Å². The zero-order valence-electron chi connectivity index (χ0n) is 9.07. The van der Waals surface area contributed by atoms with Crippen molar-refractivity contribution in [3.8, 4) is 0 Å². The Hall–Kier alpha value is -1.11. The van der Waals surface area contributed by atoms with Gasteiger partial charge in [-0.3, -0.25) is 0 Å². The van der Waals surface area contributed by atoms with Gasteiger partial charge < -0.3 is 11.1 Å². The van der Waals surface area contributed by atoms with E-state index in [1.165, 1.54) is 6.07 Å². The zero-order chi connectivity index (χ0) is 13.1. The standard InChI is InChI=1S/C10H12F4N2S/c1-6-4-9(8(15)5-7(6)11)16-2-3-17-10(12,13)14/h4-5,16H,2-3,15H2,1H3. The lowest BCUT2D eigenvalue weighted by Gasteiger charge is -2.11. The van der Waals surface area contributed by atoms with Crippen molar-refractivity contribution in [2.45, 2.75) is 12.4 Å². The molecule has 0 atom stereocenters. The third-order valence-corrected chi connectivity index (χ3v) is 2.75. The van der Waals surface area contributed by atoms with Crippen molar-refractivity contribution in [3.63, 3.8) is 0 Å². The van der Waals surface area contributed by atoms with Gasteiger partial charge in [-0.25, -0.2) is 4.39 Å². The van der Waals surface area contributed by atoms with Crippen molar-refractivity contribution in [1.29, 1.82) is 0 Å². The summed E-state index contributed by atoms with van der Waals surface area (Å²) in [7, 11) is 0. The van der Waals surface area contributed by atoms with Crippen LogP contribution in [0.15, 0.2) is 12.1 Å². The van der Waals surface area contributed by atoms with Crippen LogP contribution < -0.4 is 11.1 Å². The number of rotatable bonds is 4. The van der Waals surface area contributed by atoms with E-state index in [0.29, 0.717) is 11.3 Å². The van der Waals surface area contributed by atoms with Gasteiger partial charge in [0, 0.05) is 12.3 Å². The highest BCUT2D eigenvalue weighted by Gasteiger charge is 2.27. The van der Waals surface area contributed by atoms with Crippen molar-refractivity contribution in [2.24, 2.45) is 0 Å². The Balaban J connectivity index is 2.50. The number of nitrogens with one attached hydrogen (secondary N) is 1. The number of thioether (sulfide) groups is 1. The van der Waals surface area contributed by atoms with Gasteiger partial charge in [0.1, 0.15) is 5.82 Å². The smallest absolute Gasteiger partial charge is 0.397 e. The van der Waals surface area contributed by atoms with E-state index in [-0.39, 0.29) is 29.7 Å². The number of benzene rings is 1. The summed E-state index contributed by atoms with van der Waals surface area (Å²) in [6.07, 6.45) is 0. The van der Waals surface area contributed by atoms with Crippen LogP contribution in [-0.2, 0) is 0 Å². The fourth-order valence-electron chi connectivity index (χ4n) is 1.20. The first-order valence-electron chi connectivity index (χ1n) is 4.80. The Bertz CT molecular complexity index is 393. The highest BCUT2D eigenvalue weighted by molar-refractivity contribution is 8.00. The molecule has 2 nitrogen and oxygen atoms in total. The first-order valence-corrected chi connectivity index (χ1v) is 5.78. The van der Waals surface area contributed by atoms with Crippen LogP contribution in [0, 0.1) is 12.7 Å². The van der Waals surface area contributed by atoms with Crippen LogP contribution in [0.3, 0.4) is 0 Å². The summed E-state index contributed by atoms with van der Waals surface area (Å²) >= 11 is -0.111. The van der Waals surface area contributed by atoms with Crippen molar-refractivity contribution >= 4 is 23.1 Å². The fraction of sp³-hybridized carbons (Fsp3) is 0.400. The first kappa shape index (κ1) is 14.0. The first-order chi connectivity index (χ1) is 7.79. The van der Waals surface area contributed by atoms with Crippen molar-refractivity contribution in [2.75, 3.05) is 23.3 Å². The van der Waals surface area contributed by atoms with Crippen molar-refractivity contribution in [3.05, 3.63) is 23.5 Å². The summed E-state index contributed by atoms with van der Waals surface area (Å²) in [5, 5.41) is 2.74. The summed E-state index contributed by atoms with van der Waals surface area (Å²) in [4.78, 5) is 0. The van der Waals surface area contributed by atoms with Crippen LogP contribution in [0.25, 0.3) is 0 Å². The van der Waals surface area contributed by atoms with E-state index in [4.69, 9.17) is 5.73 Å². The molecule has 0 saturated carbocycles. The second kappa shape index (κ2) is 5.48. The summed E-state index contributed by atoms with van der Waals surface area (Å²) in [5.74, 6) is -0.558. The second-order valence-electron chi connectivity index (χ2n) is 3.41. The SMILES string of the molecule is Cc1cc(NCCSC(F)(F)F)c(N)cc1F. The molecule has 0 fully saturated rings. The molecule has 0 aliphatic rings. The molecular weight excluding hydrogens is 256 g/mol. The van der Waals surface area contributed by atoms with Crippen LogP contribution >= 0.6 is 11.8 Å². The minimum absolute atomic E-state index is 0.111. The van der Waals surface area contributed by atoms with Crippen LogP contribution in [-0.4, -0.2) is 17.8 Å². The number of nitrogen functional groups attached to an aromatic ring is 1. The fourth-order valence-corrected chi connectivity index (χ4v) is 1.64. The maximum absolute atomic E-state index is 13.0. The van der Waals surface area contributed by atoms with Gasteiger partial charge in [0.05, 0.1) is 11.4 Å². The average Bonchev–Trinajstić information content (AvgIpc) is 2.18. The molecule has 17 heavy (non-hydrogen) atoms. The summed E-state index contributed by atoms with van der Waals surface area (Å²) in [6.45, 7) is 1.67. The number of anilines is 2. The Morgan fingerprint density at radius 2 is 2.00 bits per heavy atom. The number of hydrogen-bond donors (Lipinski definition) is 2. The maximum Gasteiger partial charge on any atom is 0.441 e. The number of hydrogen-bond acceptors (Lipinski definition) is 3. The molecule has 0 saturated heterocycles. The molecule has 1 aromatic carbocycles. The van der Waals surface area contributed by atoms with Crippen LogP contribution in [0.1, 0.15) is 5.56 Å². The lowest BCUT2D eigenvalue weighted by molar-refractivity contribution is -0.0327. The van der Waals surface area contributed by atoms with Gasteiger partial charge in [-0.2, -0.15) is 13.2 Å². The lowest BCUT2D eigenvalue weighted by atomic mass is 10.2. The minimum atomic E-state index is -4.23. The van der Waals surface area contributed by atoms with E-state index >= 15 is 0 Å². The third-order valence-electron chi connectivity index (χ3n) is 2.01. The number of alkyl halides is 3. The predicted molar refractivity (Wildman–Crippen MR) is 62.6 cm³/mol. The van der Waals surface area contributed by atoms with E-state index in [0.717, 1.165) is 6.07 Å². The summed E-state index contributed by atoms with van der Waals surface area (Å²) < 4.78 is 48.6. The third kappa shape index (κ3) is 4.72. The van der Waals surface area contributed by atoms with E-state index in [1.54, 1.807) is 6.92 Å². The average molecular weight is 268 g/mol. The van der Waals surface area contributed by atoms with Crippen molar-refractivity contribution in [1.82, 2.24) is 0 Å². The van der Waals surface area contributed by atoms with Crippen LogP contribution in [0.5, 0.6) is 0 Å². The normalized spacial score (nSPS) is 11.6. The number of halogens is 4. The minimum Gasteiger partial charge on any atom is -0.397 e. The van der Waals surface area contributed by atoms with Crippen molar-refractivity contribution < 1.29 is 17.6 Å². The molecular formula is C10H12F4N2S. The molecule has 0 unspecified atom stereocenters. The molecule has 0 heterocycles. The Labute approximate surface area is 101 Å². The molecule has 1 aromatic rings. The monoisotopic (exact) mass is 268 g/mol.